The third kappa shape index (κ3) is 3.08. The number of aryl methyl sites for hydroxylation is 1. The zero-order valence-electron chi connectivity index (χ0n) is 10.8. The first-order valence-electron chi connectivity index (χ1n) is 6.01. The first kappa shape index (κ1) is 13.5. The van der Waals surface area contributed by atoms with Crippen LogP contribution in [0.2, 0.25) is 0 Å². The van der Waals surface area contributed by atoms with Crippen LogP contribution in [-0.2, 0) is 0 Å². The molecule has 0 aliphatic heterocycles. The maximum atomic E-state index is 12.1. The Bertz CT molecular complexity index is 619. The van der Waals surface area contributed by atoms with E-state index in [9.17, 15) is 9.59 Å². The van der Waals surface area contributed by atoms with Gasteiger partial charge in [0, 0.05) is 29.5 Å². The molecule has 0 aliphatic rings. The van der Waals surface area contributed by atoms with Crippen LogP contribution in [0.4, 0.5) is 0 Å². The number of amides is 1. The molecule has 0 aromatic carbocycles. The lowest BCUT2D eigenvalue weighted by molar-refractivity contribution is 0.0934. The number of pyridine rings is 1. The van der Waals surface area contributed by atoms with Crippen LogP contribution >= 0.6 is 11.3 Å². The molecule has 0 aliphatic carbocycles. The van der Waals surface area contributed by atoms with Crippen LogP contribution in [0.5, 0.6) is 0 Å². The SMILES string of the molecule is CCC(NC(=O)c1c[nH]c(C)cc1=O)c1nccs1. The summed E-state index contributed by atoms with van der Waals surface area (Å²) in [6.07, 6.45) is 3.87. The van der Waals surface area contributed by atoms with E-state index in [1.807, 2.05) is 12.3 Å². The summed E-state index contributed by atoms with van der Waals surface area (Å²) in [6, 6.07) is 1.26. The molecule has 0 fully saturated rings. The minimum absolute atomic E-state index is 0.126. The van der Waals surface area contributed by atoms with Crippen LogP contribution in [0.15, 0.2) is 28.6 Å². The second-order valence-corrected chi connectivity index (χ2v) is 5.12. The summed E-state index contributed by atoms with van der Waals surface area (Å²) in [5.74, 6) is -0.372. The van der Waals surface area contributed by atoms with Gasteiger partial charge in [-0.25, -0.2) is 4.98 Å². The van der Waals surface area contributed by atoms with Gasteiger partial charge in [0.25, 0.3) is 5.91 Å². The van der Waals surface area contributed by atoms with Crippen molar-refractivity contribution in [3.05, 3.63) is 50.3 Å². The van der Waals surface area contributed by atoms with Crippen molar-refractivity contribution in [1.29, 1.82) is 0 Å². The van der Waals surface area contributed by atoms with Gasteiger partial charge >= 0.3 is 0 Å². The Morgan fingerprint density at radius 1 is 1.58 bits per heavy atom. The summed E-state index contributed by atoms with van der Waals surface area (Å²) >= 11 is 1.49. The number of H-pyrrole nitrogens is 1. The molecule has 2 aromatic heterocycles. The van der Waals surface area contributed by atoms with Gasteiger partial charge in [-0.05, 0) is 13.3 Å². The zero-order chi connectivity index (χ0) is 13.8. The zero-order valence-corrected chi connectivity index (χ0v) is 11.6. The van der Waals surface area contributed by atoms with E-state index in [-0.39, 0.29) is 22.9 Å². The fourth-order valence-electron chi connectivity index (χ4n) is 1.73. The number of hydrogen-bond acceptors (Lipinski definition) is 4. The molecule has 0 saturated heterocycles. The van der Waals surface area contributed by atoms with Crippen molar-refractivity contribution in [2.45, 2.75) is 26.3 Å². The lowest BCUT2D eigenvalue weighted by atomic mass is 10.2. The second-order valence-electron chi connectivity index (χ2n) is 4.20. The molecule has 0 bridgehead atoms. The van der Waals surface area contributed by atoms with Gasteiger partial charge in [-0.3, -0.25) is 9.59 Å². The molecule has 5 nitrogen and oxygen atoms in total. The number of rotatable bonds is 4. The first-order valence-corrected chi connectivity index (χ1v) is 6.89. The van der Waals surface area contributed by atoms with Gasteiger partial charge in [0.05, 0.1) is 6.04 Å². The number of aromatic amines is 1. The van der Waals surface area contributed by atoms with Crippen LogP contribution in [0.25, 0.3) is 0 Å². The maximum absolute atomic E-state index is 12.1. The highest BCUT2D eigenvalue weighted by Gasteiger charge is 2.17. The summed E-state index contributed by atoms with van der Waals surface area (Å²) in [4.78, 5) is 30.9. The molecule has 2 heterocycles. The molecule has 19 heavy (non-hydrogen) atoms. The van der Waals surface area contributed by atoms with Crippen LogP contribution in [0, 0.1) is 6.92 Å². The van der Waals surface area contributed by atoms with Crippen molar-refractivity contribution in [2.24, 2.45) is 0 Å². The lowest BCUT2D eigenvalue weighted by Gasteiger charge is -2.14. The fraction of sp³-hybridized carbons (Fsp3) is 0.308. The largest absolute Gasteiger partial charge is 0.364 e. The second kappa shape index (κ2) is 5.79. The van der Waals surface area contributed by atoms with E-state index < -0.39 is 0 Å². The molecule has 2 N–H and O–H groups in total. The van der Waals surface area contributed by atoms with Crippen molar-refractivity contribution in [3.8, 4) is 0 Å². The van der Waals surface area contributed by atoms with Gasteiger partial charge in [0.2, 0.25) is 0 Å². The molecule has 1 atom stereocenters. The Hall–Kier alpha value is -1.95. The number of nitrogens with zero attached hydrogens (tertiary/aromatic N) is 1. The quantitative estimate of drug-likeness (QED) is 0.897. The number of thiazole rings is 1. The Labute approximate surface area is 114 Å². The number of carbonyl (C=O) groups is 1. The third-order valence-electron chi connectivity index (χ3n) is 2.76. The number of aromatic nitrogens is 2. The number of carbonyl (C=O) groups excluding carboxylic acids is 1. The van der Waals surface area contributed by atoms with Crippen molar-refractivity contribution in [1.82, 2.24) is 15.3 Å². The molecule has 2 aromatic rings. The molecule has 6 heteroatoms. The van der Waals surface area contributed by atoms with Gasteiger partial charge in [0.1, 0.15) is 10.6 Å². The van der Waals surface area contributed by atoms with E-state index in [0.29, 0.717) is 0 Å². The first-order chi connectivity index (χ1) is 9.11. The van der Waals surface area contributed by atoms with E-state index >= 15 is 0 Å². The van der Waals surface area contributed by atoms with Crippen molar-refractivity contribution >= 4 is 17.2 Å². The maximum Gasteiger partial charge on any atom is 0.257 e. The van der Waals surface area contributed by atoms with Crippen LogP contribution in [-0.4, -0.2) is 15.9 Å². The van der Waals surface area contributed by atoms with Gasteiger partial charge in [0.15, 0.2) is 5.43 Å². The van der Waals surface area contributed by atoms with Gasteiger partial charge in [-0.15, -0.1) is 11.3 Å². The van der Waals surface area contributed by atoms with Crippen molar-refractivity contribution in [3.63, 3.8) is 0 Å². The van der Waals surface area contributed by atoms with Crippen molar-refractivity contribution in [2.75, 3.05) is 0 Å². The van der Waals surface area contributed by atoms with E-state index in [4.69, 9.17) is 0 Å². The lowest BCUT2D eigenvalue weighted by Crippen LogP contribution is -2.31. The van der Waals surface area contributed by atoms with E-state index in [2.05, 4.69) is 15.3 Å². The van der Waals surface area contributed by atoms with Crippen LogP contribution in [0.1, 0.15) is 40.4 Å². The van der Waals surface area contributed by atoms with E-state index in [1.165, 1.54) is 23.6 Å². The average molecular weight is 277 g/mol. The Morgan fingerprint density at radius 2 is 2.37 bits per heavy atom. The summed E-state index contributed by atoms with van der Waals surface area (Å²) in [5, 5.41) is 5.55. The summed E-state index contributed by atoms with van der Waals surface area (Å²) < 4.78 is 0. The fourth-order valence-corrected chi connectivity index (χ4v) is 2.50. The Kier molecular flexibility index (Phi) is 4.11. The topological polar surface area (TPSA) is 74.8 Å². The summed E-state index contributed by atoms with van der Waals surface area (Å²) in [6.45, 7) is 3.74. The average Bonchev–Trinajstić information content (AvgIpc) is 2.89. The molecular weight excluding hydrogens is 262 g/mol. The van der Waals surface area contributed by atoms with Gasteiger partial charge in [-0.1, -0.05) is 6.92 Å². The van der Waals surface area contributed by atoms with Crippen LogP contribution < -0.4 is 10.7 Å². The summed E-state index contributed by atoms with van der Waals surface area (Å²) in [5.41, 5.74) is 0.580. The predicted octanol–water partition coefficient (Wildman–Crippen LogP) is 2.02. The molecule has 0 radical (unpaired) electrons. The van der Waals surface area contributed by atoms with Gasteiger partial charge in [-0.2, -0.15) is 0 Å². The molecule has 0 saturated carbocycles. The normalized spacial score (nSPS) is 12.1. The Morgan fingerprint density at radius 3 is 2.95 bits per heavy atom. The minimum atomic E-state index is -0.372. The van der Waals surface area contributed by atoms with Crippen molar-refractivity contribution < 1.29 is 4.79 Å². The summed E-state index contributed by atoms with van der Waals surface area (Å²) in [7, 11) is 0. The molecule has 1 unspecified atom stereocenters. The minimum Gasteiger partial charge on any atom is -0.364 e. The molecule has 100 valence electrons. The highest BCUT2D eigenvalue weighted by atomic mass is 32.1. The highest BCUT2D eigenvalue weighted by Crippen LogP contribution is 2.18. The molecule has 2 rings (SSSR count). The monoisotopic (exact) mass is 277 g/mol. The third-order valence-corrected chi connectivity index (χ3v) is 3.65. The molecule has 0 spiro atoms. The number of hydrogen-bond donors (Lipinski definition) is 2. The highest BCUT2D eigenvalue weighted by molar-refractivity contribution is 7.09. The molecular formula is C13H15N3O2S. The Balaban J connectivity index is 2.18. The van der Waals surface area contributed by atoms with Gasteiger partial charge < -0.3 is 10.3 Å². The van der Waals surface area contributed by atoms with E-state index in [1.54, 1.807) is 13.1 Å². The predicted molar refractivity (Wildman–Crippen MR) is 74.4 cm³/mol. The number of nitrogens with one attached hydrogen (secondary N) is 2. The molecule has 1 amide bonds. The van der Waals surface area contributed by atoms with Crippen LogP contribution in [0.3, 0.4) is 0 Å². The standard InChI is InChI=1S/C13H15N3O2S/c1-3-10(13-14-4-5-19-13)16-12(18)9-7-15-8(2)6-11(9)17/h4-7,10H,3H2,1-2H3,(H,15,17)(H,16,18). The smallest absolute Gasteiger partial charge is 0.257 e. The van der Waals surface area contributed by atoms with E-state index in [0.717, 1.165) is 17.1 Å².